The predicted molar refractivity (Wildman–Crippen MR) is 98.9 cm³/mol. The average molecular weight is 325 g/mol. The van der Waals surface area contributed by atoms with Gasteiger partial charge in [-0.2, -0.15) is 5.10 Å². The van der Waals surface area contributed by atoms with Gasteiger partial charge in [0.25, 0.3) is 0 Å². The van der Waals surface area contributed by atoms with Gasteiger partial charge < -0.3 is 5.32 Å². The molecule has 1 aliphatic heterocycles. The molecule has 0 aromatic heterocycles. The molecule has 4 heteroatoms. The Morgan fingerprint density at radius 1 is 1.21 bits per heavy atom. The van der Waals surface area contributed by atoms with Crippen LogP contribution in [-0.4, -0.2) is 11.6 Å². The number of nitrogens with one attached hydrogen (secondary N) is 2. The number of hydrogen-bond acceptors (Lipinski definition) is 3. The molecule has 3 rings (SSSR count). The van der Waals surface area contributed by atoms with E-state index in [-0.39, 0.29) is 11.8 Å². The first kappa shape index (κ1) is 16.7. The second-order valence-electron chi connectivity index (χ2n) is 6.93. The van der Waals surface area contributed by atoms with E-state index < -0.39 is 0 Å². The summed E-state index contributed by atoms with van der Waals surface area (Å²) in [4.78, 5) is 12.3. The van der Waals surface area contributed by atoms with Crippen molar-refractivity contribution in [1.82, 2.24) is 5.43 Å². The van der Waals surface area contributed by atoms with Gasteiger partial charge in [-0.1, -0.05) is 44.4 Å². The Labute approximate surface area is 144 Å². The molecule has 0 saturated heterocycles. The number of carbonyl (C=O) groups excluding carboxylic acids is 1. The molecule has 4 nitrogen and oxygen atoms in total. The van der Waals surface area contributed by atoms with E-state index in [1.54, 1.807) is 0 Å². The zero-order valence-corrected chi connectivity index (χ0v) is 14.6. The van der Waals surface area contributed by atoms with Gasteiger partial charge in [-0.25, -0.2) is 0 Å². The Bertz CT molecular complexity index is 639. The van der Waals surface area contributed by atoms with Gasteiger partial charge in [0.15, 0.2) is 0 Å². The lowest BCUT2D eigenvalue weighted by Gasteiger charge is -2.23. The second kappa shape index (κ2) is 7.65. The monoisotopic (exact) mass is 325 g/mol. The van der Waals surface area contributed by atoms with Crippen molar-refractivity contribution in [3.05, 3.63) is 41.6 Å². The van der Waals surface area contributed by atoms with Crippen LogP contribution in [0.3, 0.4) is 0 Å². The Balaban J connectivity index is 1.65. The molecule has 1 amide bonds. The molecule has 0 bridgehead atoms. The van der Waals surface area contributed by atoms with Crippen molar-refractivity contribution in [2.45, 2.75) is 52.4 Å². The smallest absolute Gasteiger partial charge is 0.227 e. The van der Waals surface area contributed by atoms with E-state index in [1.807, 2.05) is 31.2 Å². The van der Waals surface area contributed by atoms with Crippen molar-refractivity contribution in [1.29, 1.82) is 0 Å². The van der Waals surface area contributed by atoms with Gasteiger partial charge in [-0.05, 0) is 43.9 Å². The maximum atomic E-state index is 12.3. The summed E-state index contributed by atoms with van der Waals surface area (Å²) < 4.78 is 0. The third-order valence-corrected chi connectivity index (χ3v) is 5.09. The molecule has 1 aromatic rings. The van der Waals surface area contributed by atoms with Crippen LogP contribution in [0.2, 0.25) is 0 Å². The number of hydrazone groups is 1. The van der Waals surface area contributed by atoms with Crippen LogP contribution in [0, 0.1) is 11.8 Å². The first-order valence-corrected chi connectivity index (χ1v) is 9.07. The molecular weight excluding hydrogens is 298 g/mol. The Hall–Kier alpha value is -2.10. The first-order valence-electron chi connectivity index (χ1n) is 9.07. The van der Waals surface area contributed by atoms with Gasteiger partial charge in [0.05, 0.1) is 5.71 Å². The number of allylic oxidation sites excluding steroid dienone is 2. The summed E-state index contributed by atoms with van der Waals surface area (Å²) in [5, 5.41) is 7.57. The largest absolute Gasteiger partial charge is 0.326 e. The summed E-state index contributed by atoms with van der Waals surface area (Å²) in [7, 11) is 0. The van der Waals surface area contributed by atoms with E-state index in [0.717, 1.165) is 36.2 Å². The van der Waals surface area contributed by atoms with Crippen LogP contribution in [0.25, 0.3) is 0 Å². The molecule has 1 heterocycles. The lowest BCUT2D eigenvalue weighted by Crippen LogP contribution is -2.26. The number of nitrogens with zero attached hydrogens (tertiary/aromatic N) is 1. The molecule has 1 saturated carbocycles. The van der Waals surface area contributed by atoms with Gasteiger partial charge in [-0.15, -0.1) is 0 Å². The van der Waals surface area contributed by atoms with E-state index in [4.69, 9.17) is 0 Å². The molecule has 1 unspecified atom stereocenters. The van der Waals surface area contributed by atoms with Crippen LogP contribution in [0.15, 0.2) is 41.1 Å². The van der Waals surface area contributed by atoms with Crippen molar-refractivity contribution >= 4 is 17.3 Å². The van der Waals surface area contributed by atoms with Crippen LogP contribution in [0.4, 0.5) is 5.69 Å². The highest BCUT2D eigenvalue weighted by molar-refractivity contribution is 6.03. The summed E-state index contributed by atoms with van der Waals surface area (Å²) in [5.41, 5.74) is 7.35. The Morgan fingerprint density at radius 3 is 2.54 bits per heavy atom. The van der Waals surface area contributed by atoms with Gasteiger partial charge in [0.2, 0.25) is 5.91 Å². The highest BCUT2D eigenvalue weighted by Crippen LogP contribution is 2.26. The third-order valence-electron chi connectivity index (χ3n) is 5.09. The normalized spacial score (nSPS) is 23.5. The molecular formula is C20H27N3O. The van der Waals surface area contributed by atoms with Gasteiger partial charge in [0.1, 0.15) is 0 Å². The zero-order valence-electron chi connectivity index (χ0n) is 14.6. The van der Waals surface area contributed by atoms with Crippen LogP contribution >= 0.6 is 0 Å². The average Bonchev–Trinajstić information content (AvgIpc) is 2.63. The Kier molecular flexibility index (Phi) is 5.34. The minimum absolute atomic E-state index is 0.171. The quantitative estimate of drug-likeness (QED) is 0.863. The molecule has 2 N–H and O–H groups in total. The SMILES string of the molecule is C/C=C1\CC(C)C(c2ccc(NC(=O)C3CCCCC3)cc2)=NN1. The van der Waals surface area contributed by atoms with E-state index >= 15 is 0 Å². The molecule has 24 heavy (non-hydrogen) atoms. The molecule has 2 aliphatic rings. The predicted octanol–water partition coefficient (Wildman–Crippen LogP) is 4.44. The van der Waals surface area contributed by atoms with Gasteiger partial charge in [-0.3, -0.25) is 10.2 Å². The minimum Gasteiger partial charge on any atom is -0.326 e. The second-order valence-corrected chi connectivity index (χ2v) is 6.93. The summed E-state index contributed by atoms with van der Waals surface area (Å²) in [6.07, 6.45) is 8.72. The summed E-state index contributed by atoms with van der Waals surface area (Å²) in [6.45, 7) is 4.22. The number of rotatable bonds is 3. The zero-order chi connectivity index (χ0) is 16.9. The first-order chi connectivity index (χ1) is 11.7. The van der Waals surface area contributed by atoms with Crippen molar-refractivity contribution in [3.63, 3.8) is 0 Å². The molecule has 1 fully saturated rings. The van der Waals surface area contributed by atoms with Crippen LogP contribution < -0.4 is 10.7 Å². The number of carbonyl (C=O) groups is 1. The topological polar surface area (TPSA) is 53.5 Å². The molecule has 0 spiro atoms. The van der Waals surface area contributed by atoms with E-state index in [0.29, 0.717) is 5.92 Å². The number of benzene rings is 1. The highest BCUT2D eigenvalue weighted by Gasteiger charge is 2.22. The lowest BCUT2D eigenvalue weighted by molar-refractivity contribution is -0.120. The molecule has 0 radical (unpaired) electrons. The lowest BCUT2D eigenvalue weighted by atomic mass is 9.88. The highest BCUT2D eigenvalue weighted by atomic mass is 16.1. The summed E-state index contributed by atoms with van der Waals surface area (Å²) >= 11 is 0. The van der Waals surface area contributed by atoms with Crippen molar-refractivity contribution in [2.75, 3.05) is 5.32 Å². The maximum Gasteiger partial charge on any atom is 0.227 e. The van der Waals surface area contributed by atoms with Gasteiger partial charge >= 0.3 is 0 Å². The van der Waals surface area contributed by atoms with Crippen LogP contribution in [0.1, 0.15) is 57.9 Å². The molecule has 1 aromatic carbocycles. The Morgan fingerprint density at radius 2 is 1.92 bits per heavy atom. The van der Waals surface area contributed by atoms with E-state index in [9.17, 15) is 4.79 Å². The fourth-order valence-electron chi connectivity index (χ4n) is 3.58. The van der Waals surface area contributed by atoms with E-state index in [2.05, 4.69) is 28.8 Å². The fraction of sp³-hybridized carbons (Fsp3) is 0.500. The standard InChI is InChI=1S/C20H27N3O/c1-3-17-13-14(2)19(23-22-17)15-9-11-18(12-10-15)21-20(24)16-7-5-4-6-8-16/h3,9-12,14,16,22H,4-8,13H2,1-2H3,(H,21,24)/b17-3+. The maximum absolute atomic E-state index is 12.3. The van der Waals surface area contributed by atoms with Crippen LogP contribution in [-0.2, 0) is 4.79 Å². The molecule has 128 valence electrons. The van der Waals surface area contributed by atoms with Crippen LogP contribution in [0.5, 0.6) is 0 Å². The summed E-state index contributed by atoms with van der Waals surface area (Å²) in [6, 6.07) is 8.06. The van der Waals surface area contributed by atoms with E-state index in [1.165, 1.54) is 25.0 Å². The fourth-order valence-corrected chi connectivity index (χ4v) is 3.58. The molecule has 1 aliphatic carbocycles. The number of hydrogen-bond donors (Lipinski definition) is 2. The van der Waals surface area contributed by atoms with Crippen molar-refractivity contribution in [3.8, 4) is 0 Å². The minimum atomic E-state index is 0.171. The molecule has 1 atom stereocenters. The summed E-state index contributed by atoms with van der Waals surface area (Å²) in [5.74, 6) is 0.745. The number of anilines is 1. The third kappa shape index (κ3) is 3.86. The van der Waals surface area contributed by atoms with Crippen molar-refractivity contribution in [2.24, 2.45) is 16.9 Å². The van der Waals surface area contributed by atoms with Crippen molar-refractivity contribution < 1.29 is 4.79 Å². The van der Waals surface area contributed by atoms with Gasteiger partial charge in [0, 0.05) is 23.2 Å². The number of amides is 1.